The average Bonchev–Trinajstić information content (AvgIpc) is 3.28. The van der Waals surface area contributed by atoms with Gasteiger partial charge in [-0.05, 0) is 73.0 Å². The second-order valence-electron chi connectivity index (χ2n) is 7.27. The van der Waals surface area contributed by atoms with Crippen molar-refractivity contribution in [2.45, 2.75) is 24.5 Å². The summed E-state index contributed by atoms with van der Waals surface area (Å²) in [4.78, 5) is 14.2. The minimum absolute atomic E-state index is 0.0731. The van der Waals surface area contributed by atoms with Crippen molar-refractivity contribution in [1.29, 1.82) is 0 Å². The lowest BCUT2D eigenvalue weighted by Gasteiger charge is -2.28. The molecule has 0 radical (unpaired) electrons. The van der Waals surface area contributed by atoms with Gasteiger partial charge in [0, 0.05) is 23.8 Å². The third-order valence-corrected chi connectivity index (χ3v) is 6.21. The summed E-state index contributed by atoms with van der Waals surface area (Å²) in [5.74, 6) is -0.352. The fourth-order valence-electron chi connectivity index (χ4n) is 3.52. The molecule has 2 heterocycles. The number of aliphatic carboxylic acids is 1. The molecular weight excluding hydrogens is 450 g/mol. The first-order valence-electron chi connectivity index (χ1n) is 10.2. The SMILES string of the molecule is COc1ccc(Cl)cc1-c1nnc(S/C(=C/c2ccc(N3CCCCC3)cc2)C(=O)O)o1. The molecule has 0 bridgehead atoms. The Labute approximate surface area is 195 Å². The zero-order chi connectivity index (χ0) is 22.5. The van der Waals surface area contributed by atoms with E-state index in [2.05, 4.69) is 15.1 Å². The van der Waals surface area contributed by atoms with Crippen molar-refractivity contribution in [2.24, 2.45) is 0 Å². The third kappa shape index (κ3) is 5.26. The van der Waals surface area contributed by atoms with Crippen LogP contribution in [0.2, 0.25) is 5.02 Å². The van der Waals surface area contributed by atoms with E-state index in [1.165, 1.54) is 26.4 Å². The standard InChI is InChI=1S/C23H22ClN3O4S/c1-30-19-10-7-16(24)14-18(19)21-25-26-23(31-21)32-20(22(28)29)13-15-5-8-17(9-6-15)27-11-3-2-4-12-27/h5-10,13-14H,2-4,11-12H2,1H3,(H,28,29)/b20-13+. The van der Waals surface area contributed by atoms with Crippen molar-refractivity contribution in [3.05, 3.63) is 58.0 Å². The summed E-state index contributed by atoms with van der Waals surface area (Å²) in [5, 5.41) is 18.3. The molecule has 0 spiro atoms. The highest BCUT2D eigenvalue weighted by Crippen LogP contribution is 2.35. The van der Waals surface area contributed by atoms with Crippen molar-refractivity contribution >= 4 is 41.1 Å². The maximum absolute atomic E-state index is 11.8. The van der Waals surface area contributed by atoms with Gasteiger partial charge in [-0.1, -0.05) is 23.7 Å². The van der Waals surface area contributed by atoms with Gasteiger partial charge < -0.3 is 19.2 Å². The van der Waals surface area contributed by atoms with E-state index in [4.69, 9.17) is 20.8 Å². The molecule has 32 heavy (non-hydrogen) atoms. The number of methoxy groups -OCH3 is 1. The first-order valence-corrected chi connectivity index (χ1v) is 11.4. The number of piperidine rings is 1. The van der Waals surface area contributed by atoms with E-state index in [-0.39, 0.29) is 16.0 Å². The molecule has 1 saturated heterocycles. The van der Waals surface area contributed by atoms with Crippen LogP contribution in [0.1, 0.15) is 24.8 Å². The predicted octanol–water partition coefficient (Wildman–Crippen LogP) is 5.61. The Balaban J connectivity index is 1.53. The Morgan fingerprint density at radius 3 is 2.59 bits per heavy atom. The first-order chi connectivity index (χ1) is 15.5. The number of halogens is 1. The second-order valence-corrected chi connectivity index (χ2v) is 8.70. The van der Waals surface area contributed by atoms with E-state index in [1.807, 2.05) is 24.3 Å². The summed E-state index contributed by atoms with van der Waals surface area (Å²) in [6.07, 6.45) is 5.28. The van der Waals surface area contributed by atoms with Crippen LogP contribution in [0.5, 0.6) is 5.75 Å². The van der Waals surface area contributed by atoms with E-state index in [1.54, 1.807) is 24.3 Å². The van der Waals surface area contributed by atoms with E-state index < -0.39 is 5.97 Å². The van der Waals surface area contributed by atoms with Crippen molar-refractivity contribution in [3.8, 4) is 17.2 Å². The van der Waals surface area contributed by atoms with Crippen LogP contribution in [-0.4, -0.2) is 41.5 Å². The van der Waals surface area contributed by atoms with Gasteiger partial charge in [-0.2, -0.15) is 0 Å². The third-order valence-electron chi connectivity index (χ3n) is 5.12. The van der Waals surface area contributed by atoms with Crippen LogP contribution in [0.3, 0.4) is 0 Å². The van der Waals surface area contributed by atoms with Gasteiger partial charge >= 0.3 is 5.97 Å². The van der Waals surface area contributed by atoms with Crippen molar-refractivity contribution < 1.29 is 19.1 Å². The Kier molecular flexibility index (Phi) is 7.02. The van der Waals surface area contributed by atoms with Crippen molar-refractivity contribution in [2.75, 3.05) is 25.1 Å². The molecule has 1 aliphatic rings. The molecule has 9 heteroatoms. The second kappa shape index (κ2) is 10.1. The zero-order valence-corrected chi connectivity index (χ0v) is 19.0. The number of carbonyl (C=O) groups is 1. The molecule has 2 aromatic carbocycles. The van der Waals surface area contributed by atoms with Gasteiger partial charge in [-0.15, -0.1) is 10.2 Å². The number of rotatable bonds is 7. The highest BCUT2D eigenvalue weighted by molar-refractivity contribution is 8.03. The number of anilines is 1. The van der Waals surface area contributed by atoms with Crippen LogP contribution in [-0.2, 0) is 4.79 Å². The van der Waals surface area contributed by atoms with Crippen LogP contribution >= 0.6 is 23.4 Å². The molecule has 1 aliphatic heterocycles. The molecule has 166 valence electrons. The normalized spacial score (nSPS) is 14.4. The molecule has 1 fully saturated rings. The van der Waals surface area contributed by atoms with Gasteiger partial charge in [0.25, 0.3) is 11.1 Å². The highest BCUT2D eigenvalue weighted by Gasteiger charge is 2.18. The van der Waals surface area contributed by atoms with Crippen molar-refractivity contribution in [1.82, 2.24) is 10.2 Å². The molecule has 7 nitrogen and oxygen atoms in total. The minimum atomic E-state index is -1.07. The monoisotopic (exact) mass is 471 g/mol. The summed E-state index contributed by atoms with van der Waals surface area (Å²) in [7, 11) is 1.53. The first kappa shape index (κ1) is 22.2. The van der Waals surface area contributed by atoms with Crippen LogP contribution in [0, 0.1) is 0 Å². The molecule has 0 aliphatic carbocycles. The maximum Gasteiger partial charge on any atom is 0.342 e. The van der Waals surface area contributed by atoms with E-state index in [0.29, 0.717) is 16.3 Å². The van der Waals surface area contributed by atoms with Gasteiger partial charge in [-0.25, -0.2) is 4.79 Å². The number of hydrogen-bond donors (Lipinski definition) is 1. The number of hydrogen-bond acceptors (Lipinski definition) is 7. The fourth-order valence-corrected chi connectivity index (χ4v) is 4.37. The lowest BCUT2D eigenvalue weighted by molar-refractivity contribution is -0.131. The number of benzene rings is 2. The molecule has 3 aromatic rings. The molecule has 0 amide bonds. The molecular formula is C23H22ClN3O4S. The molecule has 4 rings (SSSR count). The minimum Gasteiger partial charge on any atom is -0.496 e. The molecule has 0 atom stereocenters. The molecule has 1 N–H and O–H groups in total. The lowest BCUT2D eigenvalue weighted by Crippen LogP contribution is -2.29. The van der Waals surface area contributed by atoms with Crippen LogP contribution in [0.25, 0.3) is 17.5 Å². The molecule has 0 unspecified atom stereocenters. The van der Waals surface area contributed by atoms with Crippen LogP contribution in [0.4, 0.5) is 5.69 Å². The summed E-state index contributed by atoms with van der Waals surface area (Å²) in [6.45, 7) is 2.12. The van der Waals surface area contributed by atoms with E-state index in [0.717, 1.165) is 36.1 Å². The smallest absolute Gasteiger partial charge is 0.342 e. The summed E-state index contributed by atoms with van der Waals surface area (Å²) < 4.78 is 11.0. The zero-order valence-electron chi connectivity index (χ0n) is 17.5. The van der Waals surface area contributed by atoms with E-state index in [9.17, 15) is 9.90 Å². The topological polar surface area (TPSA) is 88.7 Å². The Bertz CT molecular complexity index is 1120. The van der Waals surface area contributed by atoms with Gasteiger partial charge in [0.1, 0.15) is 10.7 Å². The number of ether oxygens (including phenoxy) is 1. The number of aromatic nitrogens is 2. The van der Waals surface area contributed by atoms with Crippen LogP contribution < -0.4 is 9.64 Å². The number of carboxylic acid groups (broad SMARTS) is 1. The number of nitrogens with zero attached hydrogens (tertiary/aromatic N) is 3. The fraction of sp³-hybridized carbons (Fsp3) is 0.261. The van der Waals surface area contributed by atoms with Crippen LogP contribution in [0.15, 0.2) is 57.0 Å². The Morgan fingerprint density at radius 2 is 1.91 bits per heavy atom. The van der Waals surface area contributed by atoms with Gasteiger partial charge in [0.2, 0.25) is 0 Å². The van der Waals surface area contributed by atoms with Gasteiger partial charge in [0.15, 0.2) is 0 Å². The van der Waals surface area contributed by atoms with Gasteiger partial charge in [0.05, 0.1) is 12.7 Å². The summed E-state index contributed by atoms with van der Waals surface area (Å²) in [6, 6.07) is 12.9. The molecule has 1 aromatic heterocycles. The summed E-state index contributed by atoms with van der Waals surface area (Å²) in [5.41, 5.74) is 2.48. The van der Waals surface area contributed by atoms with Crippen molar-refractivity contribution in [3.63, 3.8) is 0 Å². The molecule has 0 saturated carbocycles. The largest absolute Gasteiger partial charge is 0.496 e. The summed E-state index contributed by atoms with van der Waals surface area (Å²) >= 11 is 6.96. The number of thioether (sulfide) groups is 1. The van der Waals surface area contributed by atoms with E-state index >= 15 is 0 Å². The Morgan fingerprint density at radius 1 is 1.16 bits per heavy atom. The quantitative estimate of drug-likeness (QED) is 0.351. The number of carboxylic acids is 1. The Hall–Kier alpha value is -2.97. The lowest BCUT2D eigenvalue weighted by atomic mass is 10.1. The predicted molar refractivity (Wildman–Crippen MR) is 125 cm³/mol. The highest BCUT2D eigenvalue weighted by atomic mass is 35.5. The van der Waals surface area contributed by atoms with Gasteiger partial charge in [-0.3, -0.25) is 0 Å². The average molecular weight is 472 g/mol. The maximum atomic E-state index is 11.8.